The second-order valence-corrected chi connectivity index (χ2v) is 5.56. The van der Waals surface area contributed by atoms with E-state index in [1.165, 1.54) is 0 Å². The number of hydrogen-bond acceptors (Lipinski definition) is 3. The third-order valence-corrected chi connectivity index (χ3v) is 3.04. The van der Waals surface area contributed by atoms with Gasteiger partial charge in [-0.05, 0) is 32.0 Å². The molecule has 0 aromatic heterocycles. The number of carbonyl (C=O) groups is 2. The van der Waals surface area contributed by atoms with Gasteiger partial charge in [0.05, 0.1) is 12.0 Å². The van der Waals surface area contributed by atoms with Crippen molar-refractivity contribution in [2.45, 2.75) is 13.8 Å². The molecule has 0 fully saturated rings. The van der Waals surface area contributed by atoms with Crippen molar-refractivity contribution in [3.8, 4) is 0 Å². The highest BCUT2D eigenvalue weighted by atomic mass is 35.5. The maximum atomic E-state index is 11.7. The van der Waals surface area contributed by atoms with Crippen molar-refractivity contribution in [2.75, 3.05) is 25.5 Å². The molecule has 0 aliphatic rings. The van der Waals surface area contributed by atoms with E-state index >= 15 is 0 Å². The van der Waals surface area contributed by atoms with Crippen LogP contribution in [0.25, 0.3) is 0 Å². The van der Waals surface area contributed by atoms with Crippen LogP contribution in [0.2, 0.25) is 5.02 Å². The van der Waals surface area contributed by atoms with Gasteiger partial charge in [-0.1, -0.05) is 17.7 Å². The van der Waals surface area contributed by atoms with Crippen LogP contribution in [-0.4, -0.2) is 32.0 Å². The molecular formula is C14H20ClN3O2. The van der Waals surface area contributed by atoms with E-state index in [1.807, 2.05) is 13.8 Å². The average Bonchev–Trinajstić information content (AvgIpc) is 2.37. The van der Waals surface area contributed by atoms with E-state index in [9.17, 15) is 9.59 Å². The average molecular weight is 298 g/mol. The van der Waals surface area contributed by atoms with E-state index in [1.54, 1.807) is 31.3 Å². The number of halogens is 1. The molecule has 0 unspecified atom stereocenters. The minimum absolute atomic E-state index is 0.0692. The minimum Gasteiger partial charge on any atom is -0.359 e. The van der Waals surface area contributed by atoms with E-state index in [4.69, 9.17) is 11.6 Å². The van der Waals surface area contributed by atoms with Crippen LogP contribution in [0.15, 0.2) is 24.3 Å². The summed E-state index contributed by atoms with van der Waals surface area (Å²) in [7, 11) is 1.59. The predicted octanol–water partition coefficient (Wildman–Crippen LogP) is 1.64. The summed E-state index contributed by atoms with van der Waals surface area (Å²) in [6, 6.07) is 6.94. The van der Waals surface area contributed by atoms with Gasteiger partial charge in [-0.15, -0.1) is 0 Å². The Hall–Kier alpha value is -1.59. The van der Waals surface area contributed by atoms with Crippen molar-refractivity contribution in [1.29, 1.82) is 0 Å². The van der Waals surface area contributed by atoms with Crippen LogP contribution in [0.5, 0.6) is 0 Å². The Labute approximate surface area is 124 Å². The van der Waals surface area contributed by atoms with Gasteiger partial charge >= 0.3 is 0 Å². The Morgan fingerprint density at radius 1 is 1.30 bits per heavy atom. The summed E-state index contributed by atoms with van der Waals surface area (Å²) < 4.78 is 0. The van der Waals surface area contributed by atoms with Crippen molar-refractivity contribution in [3.63, 3.8) is 0 Å². The number of anilines is 1. The van der Waals surface area contributed by atoms with Crippen LogP contribution in [-0.2, 0) is 9.59 Å². The molecule has 0 saturated carbocycles. The second-order valence-electron chi connectivity index (χ2n) is 5.13. The molecule has 6 heteroatoms. The Kier molecular flexibility index (Phi) is 5.98. The van der Waals surface area contributed by atoms with Gasteiger partial charge in [-0.2, -0.15) is 0 Å². The first-order valence-electron chi connectivity index (χ1n) is 6.33. The zero-order valence-corrected chi connectivity index (χ0v) is 12.7. The normalized spacial score (nSPS) is 11.0. The molecule has 2 amide bonds. The van der Waals surface area contributed by atoms with Crippen molar-refractivity contribution < 1.29 is 9.59 Å². The Morgan fingerprint density at radius 3 is 2.60 bits per heavy atom. The lowest BCUT2D eigenvalue weighted by atomic mass is 9.92. The molecular weight excluding hydrogens is 278 g/mol. The summed E-state index contributed by atoms with van der Waals surface area (Å²) in [5.74, 6) is -0.250. The van der Waals surface area contributed by atoms with Gasteiger partial charge in [-0.3, -0.25) is 9.59 Å². The summed E-state index contributed by atoms with van der Waals surface area (Å²) >= 11 is 5.83. The molecule has 1 aromatic carbocycles. The largest absolute Gasteiger partial charge is 0.359 e. The highest BCUT2D eigenvalue weighted by Crippen LogP contribution is 2.15. The quantitative estimate of drug-likeness (QED) is 0.747. The molecule has 0 aliphatic heterocycles. The molecule has 0 radical (unpaired) electrons. The fraction of sp³-hybridized carbons (Fsp3) is 0.429. The number of rotatable bonds is 6. The van der Waals surface area contributed by atoms with Crippen molar-refractivity contribution in [3.05, 3.63) is 29.3 Å². The first-order chi connectivity index (χ1) is 9.35. The zero-order valence-electron chi connectivity index (χ0n) is 11.9. The lowest BCUT2D eigenvalue weighted by Crippen LogP contribution is -2.43. The Balaban J connectivity index is 2.39. The van der Waals surface area contributed by atoms with Crippen molar-refractivity contribution in [2.24, 2.45) is 5.41 Å². The number of benzene rings is 1. The van der Waals surface area contributed by atoms with Crippen LogP contribution < -0.4 is 16.0 Å². The fourth-order valence-electron chi connectivity index (χ4n) is 1.68. The molecule has 110 valence electrons. The van der Waals surface area contributed by atoms with Crippen molar-refractivity contribution >= 4 is 29.1 Å². The van der Waals surface area contributed by atoms with Crippen LogP contribution in [0.4, 0.5) is 5.69 Å². The molecule has 1 aromatic rings. The molecule has 0 spiro atoms. The van der Waals surface area contributed by atoms with Crippen LogP contribution in [0.3, 0.4) is 0 Å². The first kappa shape index (κ1) is 16.5. The minimum atomic E-state index is -0.564. The Bertz CT molecular complexity index is 489. The topological polar surface area (TPSA) is 70.2 Å². The maximum Gasteiger partial charge on any atom is 0.238 e. The predicted molar refractivity (Wildman–Crippen MR) is 80.8 cm³/mol. The molecule has 3 N–H and O–H groups in total. The summed E-state index contributed by atoms with van der Waals surface area (Å²) in [6.07, 6.45) is 0. The molecule has 0 atom stereocenters. The van der Waals surface area contributed by atoms with Gasteiger partial charge in [0.25, 0.3) is 0 Å². The summed E-state index contributed by atoms with van der Waals surface area (Å²) in [5, 5.41) is 8.86. The lowest BCUT2D eigenvalue weighted by Gasteiger charge is -2.22. The highest BCUT2D eigenvalue weighted by Gasteiger charge is 2.26. The third kappa shape index (κ3) is 5.19. The van der Waals surface area contributed by atoms with Crippen molar-refractivity contribution in [1.82, 2.24) is 10.6 Å². The van der Waals surface area contributed by atoms with Gasteiger partial charge in [0.1, 0.15) is 0 Å². The lowest BCUT2D eigenvalue weighted by molar-refractivity contribution is -0.128. The molecule has 20 heavy (non-hydrogen) atoms. The molecule has 5 nitrogen and oxygen atoms in total. The van der Waals surface area contributed by atoms with E-state index in [-0.39, 0.29) is 18.4 Å². The van der Waals surface area contributed by atoms with Gasteiger partial charge in [-0.25, -0.2) is 0 Å². The summed E-state index contributed by atoms with van der Waals surface area (Å²) in [6.45, 7) is 4.17. The van der Waals surface area contributed by atoms with Gasteiger partial charge in [0.2, 0.25) is 11.8 Å². The molecule has 0 aliphatic carbocycles. The monoisotopic (exact) mass is 297 g/mol. The van der Waals surface area contributed by atoms with E-state index in [0.29, 0.717) is 17.3 Å². The van der Waals surface area contributed by atoms with Crippen LogP contribution in [0, 0.1) is 5.41 Å². The van der Waals surface area contributed by atoms with Gasteiger partial charge in [0.15, 0.2) is 0 Å². The third-order valence-electron chi connectivity index (χ3n) is 2.80. The summed E-state index contributed by atoms with van der Waals surface area (Å²) in [5.41, 5.74) is 0.0836. The molecule has 0 heterocycles. The highest BCUT2D eigenvalue weighted by molar-refractivity contribution is 6.30. The van der Waals surface area contributed by atoms with E-state index < -0.39 is 5.41 Å². The van der Waals surface area contributed by atoms with Crippen LogP contribution >= 0.6 is 11.6 Å². The summed E-state index contributed by atoms with van der Waals surface area (Å²) in [4.78, 5) is 23.3. The second kappa shape index (κ2) is 7.26. The number of amides is 2. The first-order valence-corrected chi connectivity index (χ1v) is 6.71. The van der Waals surface area contributed by atoms with Gasteiger partial charge in [0, 0.05) is 24.3 Å². The number of hydrogen-bond donors (Lipinski definition) is 3. The molecule has 1 rings (SSSR count). The van der Waals surface area contributed by atoms with Gasteiger partial charge < -0.3 is 16.0 Å². The van der Waals surface area contributed by atoms with E-state index in [2.05, 4.69) is 16.0 Å². The SMILES string of the molecule is CNC(=O)C(C)(C)CNCC(=O)Nc1cccc(Cl)c1. The maximum absolute atomic E-state index is 11.7. The Morgan fingerprint density at radius 2 is 2.00 bits per heavy atom. The smallest absolute Gasteiger partial charge is 0.238 e. The molecule has 0 saturated heterocycles. The molecule has 0 bridgehead atoms. The van der Waals surface area contributed by atoms with Crippen LogP contribution in [0.1, 0.15) is 13.8 Å². The number of nitrogens with one attached hydrogen (secondary N) is 3. The van der Waals surface area contributed by atoms with E-state index in [0.717, 1.165) is 0 Å². The number of carbonyl (C=O) groups excluding carboxylic acids is 2. The standard InChI is InChI=1S/C14H20ClN3O2/c1-14(2,13(20)16-3)9-17-8-12(19)18-11-6-4-5-10(15)7-11/h4-7,17H,8-9H2,1-3H3,(H,16,20)(H,18,19). The fourth-order valence-corrected chi connectivity index (χ4v) is 1.87. The zero-order chi connectivity index (χ0) is 15.2.